The molecule has 0 saturated carbocycles. The summed E-state index contributed by atoms with van der Waals surface area (Å²) in [6.45, 7) is 0. The Kier molecular flexibility index (Phi) is 1580. The fourth-order valence-corrected chi connectivity index (χ4v) is 0. The molecule has 0 heterocycles. The molecule has 0 rings (SSSR count). The molecule has 0 nitrogen and oxygen atoms in total. The van der Waals surface area contributed by atoms with Crippen molar-refractivity contribution in [2.24, 2.45) is 0 Å². The van der Waals surface area contributed by atoms with Crippen LogP contribution in [-0.2, 0) is 0 Å². The van der Waals surface area contributed by atoms with Crippen LogP contribution in [0.4, 0.5) is 0 Å². The van der Waals surface area contributed by atoms with Crippen LogP contribution < -0.4 is 0 Å². The van der Waals surface area contributed by atoms with E-state index in [1.54, 1.807) is 0 Å². The Morgan fingerprint density at radius 1 is 0.154 bits per heavy atom. The summed E-state index contributed by atoms with van der Waals surface area (Å²) >= 11 is 0. The fraction of sp³-hybridized carbons (Fsp3) is 0. The summed E-state index contributed by atoms with van der Waals surface area (Å²) in [7, 11) is 0. The van der Waals surface area contributed by atoms with Crippen LogP contribution in [-0.4, -0.2) is 118 Å². The second kappa shape index (κ2) is 132. The maximum absolute atomic E-state index is 0. The van der Waals surface area contributed by atoms with E-state index in [0.29, 0.717) is 0 Å². The van der Waals surface area contributed by atoms with Gasteiger partial charge in [0.2, 0.25) is 0 Å². The fourth-order valence-electron chi connectivity index (χ4n) is 0. The summed E-state index contributed by atoms with van der Waals surface area (Å²) < 4.78 is 0. The molecule has 0 aliphatic carbocycles. The van der Waals surface area contributed by atoms with Crippen LogP contribution >= 0.6 is 112 Å². The summed E-state index contributed by atoms with van der Waals surface area (Å²) in [5.41, 5.74) is 0. The van der Waals surface area contributed by atoms with Crippen LogP contribution in [0, 0.1) is 0 Å². The standard InChI is InChI=1S/9ClH.4Na.4H/h9*1H;;;;;;;;. The summed E-state index contributed by atoms with van der Waals surface area (Å²) in [5, 5.41) is 0. The van der Waals surface area contributed by atoms with Crippen molar-refractivity contribution in [3.8, 4) is 0 Å². The van der Waals surface area contributed by atoms with Crippen molar-refractivity contribution in [2.45, 2.75) is 0 Å². The Labute approximate surface area is 224 Å². The van der Waals surface area contributed by atoms with Gasteiger partial charge in [0, 0.05) is 0 Å². The molecule has 0 fully saturated rings. The maximum atomic E-state index is 0. The van der Waals surface area contributed by atoms with E-state index >= 15 is 0 Å². The Morgan fingerprint density at radius 2 is 0.154 bits per heavy atom. The van der Waals surface area contributed by atoms with Gasteiger partial charge < -0.3 is 0 Å². The van der Waals surface area contributed by atoms with Crippen LogP contribution in [0.1, 0.15) is 0 Å². The van der Waals surface area contributed by atoms with Crippen LogP contribution in [0.2, 0.25) is 0 Å². The molecule has 0 amide bonds. The molecule has 0 unspecified atom stereocenters. The van der Waals surface area contributed by atoms with Gasteiger partial charge >= 0.3 is 118 Å². The van der Waals surface area contributed by atoms with E-state index in [1.807, 2.05) is 0 Å². The minimum absolute atomic E-state index is 0. The zero-order chi connectivity index (χ0) is 0. The monoisotopic (exact) mass is 420 g/mol. The van der Waals surface area contributed by atoms with E-state index in [9.17, 15) is 0 Å². The third-order valence-electron chi connectivity index (χ3n) is 0. The summed E-state index contributed by atoms with van der Waals surface area (Å²) in [4.78, 5) is 0. The van der Waals surface area contributed by atoms with Crippen LogP contribution in [0.3, 0.4) is 0 Å². The van der Waals surface area contributed by atoms with E-state index in [4.69, 9.17) is 0 Å². The van der Waals surface area contributed by atoms with Gasteiger partial charge in [-0.2, -0.15) is 0 Å². The summed E-state index contributed by atoms with van der Waals surface area (Å²) in [6, 6.07) is 0. The van der Waals surface area contributed by atoms with Gasteiger partial charge in [0.15, 0.2) is 0 Å². The van der Waals surface area contributed by atoms with Gasteiger partial charge in [-0.05, 0) is 0 Å². The zero-order valence-electron chi connectivity index (χ0n) is 3.67. The molecule has 0 aromatic rings. The molecule has 0 atom stereocenters. The van der Waals surface area contributed by atoms with Crippen molar-refractivity contribution < 1.29 is 0 Å². The van der Waals surface area contributed by atoms with E-state index in [1.165, 1.54) is 0 Å². The molecule has 0 aliphatic heterocycles. The summed E-state index contributed by atoms with van der Waals surface area (Å²) in [6.07, 6.45) is 0. The molecule has 0 spiro atoms. The number of rotatable bonds is 0. The Balaban J connectivity index is 0. The van der Waals surface area contributed by atoms with Gasteiger partial charge in [-0.1, -0.05) is 0 Å². The second-order valence-corrected chi connectivity index (χ2v) is 0. The molecule has 0 saturated heterocycles. The first kappa shape index (κ1) is 155. The van der Waals surface area contributed by atoms with Crippen LogP contribution in [0.5, 0.6) is 0 Å². The average molecular weight is 424 g/mol. The number of halogens is 9. The zero-order valence-corrected chi connectivity index (χ0v) is 11.0. The van der Waals surface area contributed by atoms with Crippen molar-refractivity contribution in [2.75, 3.05) is 0 Å². The molecular formula is H13Cl9Na4. The van der Waals surface area contributed by atoms with Crippen molar-refractivity contribution in [3.05, 3.63) is 0 Å². The molecule has 13 heavy (non-hydrogen) atoms. The molecule has 80 valence electrons. The molecule has 0 bridgehead atoms. The van der Waals surface area contributed by atoms with Gasteiger partial charge in [0.25, 0.3) is 0 Å². The normalized spacial score (nSPS) is 0. The predicted molar refractivity (Wildman–Crippen MR) is 93.8 cm³/mol. The van der Waals surface area contributed by atoms with Gasteiger partial charge in [0.05, 0.1) is 0 Å². The third kappa shape index (κ3) is 118. The average Bonchev–Trinajstić information content (AvgIpc) is 0. The first-order valence-corrected chi connectivity index (χ1v) is 0. The molecule has 0 aliphatic rings. The van der Waals surface area contributed by atoms with Crippen molar-refractivity contribution in [1.82, 2.24) is 0 Å². The molecule has 13 heteroatoms. The van der Waals surface area contributed by atoms with Crippen molar-refractivity contribution >= 4 is 230 Å². The molecule has 0 aromatic carbocycles. The van der Waals surface area contributed by atoms with Gasteiger partial charge in [0.1, 0.15) is 0 Å². The summed E-state index contributed by atoms with van der Waals surface area (Å²) in [5.74, 6) is 0. The van der Waals surface area contributed by atoms with E-state index in [0.717, 1.165) is 0 Å². The van der Waals surface area contributed by atoms with Crippen LogP contribution in [0.25, 0.3) is 0 Å². The van der Waals surface area contributed by atoms with E-state index in [2.05, 4.69) is 0 Å². The topological polar surface area (TPSA) is 0 Å². The molecule has 0 aromatic heterocycles. The number of hydrogen-bond acceptors (Lipinski definition) is 0. The SMILES string of the molecule is Cl.Cl.Cl.Cl.Cl.Cl.Cl.Cl.Cl.[NaH].[NaH].[NaH].[NaH]. The molecule has 0 N–H and O–H groups in total. The van der Waals surface area contributed by atoms with E-state index in [-0.39, 0.29) is 230 Å². The quantitative estimate of drug-likeness (QED) is 0.513. The second-order valence-electron chi connectivity index (χ2n) is 0. The van der Waals surface area contributed by atoms with E-state index < -0.39 is 0 Å². The van der Waals surface area contributed by atoms with Crippen LogP contribution in [0.15, 0.2) is 0 Å². The Bertz CT molecular complexity index is 11.6. The van der Waals surface area contributed by atoms with Crippen molar-refractivity contribution in [1.29, 1.82) is 0 Å². The Morgan fingerprint density at radius 3 is 0.154 bits per heavy atom. The first-order chi connectivity index (χ1) is 0. The Hall–Kier alpha value is 6.61. The molecular weight excluding hydrogens is 411 g/mol. The van der Waals surface area contributed by atoms with Gasteiger partial charge in [-0.15, -0.1) is 112 Å². The van der Waals surface area contributed by atoms with Gasteiger partial charge in [-0.3, -0.25) is 0 Å². The molecule has 0 radical (unpaired) electrons. The number of hydrogen-bond donors (Lipinski definition) is 0. The van der Waals surface area contributed by atoms with Gasteiger partial charge in [-0.25, -0.2) is 0 Å². The first-order valence-electron chi connectivity index (χ1n) is 0. The minimum atomic E-state index is 0. The third-order valence-corrected chi connectivity index (χ3v) is 0. The predicted octanol–water partition coefficient (Wildman–Crippen LogP) is 1.20. The van der Waals surface area contributed by atoms with Crippen molar-refractivity contribution in [3.63, 3.8) is 0 Å².